The highest BCUT2D eigenvalue weighted by molar-refractivity contribution is 6.16. The van der Waals surface area contributed by atoms with Gasteiger partial charge in [-0.05, 0) is 155 Å². The summed E-state index contributed by atoms with van der Waals surface area (Å²) in [5.41, 5.74) is 25.7. The third-order valence-electron chi connectivity index (χ3n) is 17.7. The van der Waals surface area contributed by atoms with Gasteiger partial charge in [0.1, 0.15) is 0 Å². The van der Waals surface area contributed by atoms with Crippen molar-refractivity contribution < 1.29 is 0 Å². The Hall–Kier alpha value is -11.1. The zero-order chi connectivity index (χ0) is 56.3. The molecule has 2 nitrogen and oxygen atoms in total. The normalized spacial score (nSPS) is 12.3. The highest BCUT2D eigenvalue weighted by Crippen LogP contribution is 2.59. The molecule has 85 heavy (non-hydrogen) atoms. The maximum Gasteiger partial charge on any atom is 0.0714 e. The highest BCUT2D eigenvalue weighted by Gasteiger charge is 2.47. The molecule has 0 unspecified atom stereocenters. The summed E-state index contributed by atoms with van der Waals surface area (Å²) in [6.07, 6.45) is 0. The van der Waals surface area contributed by atoms with E-state index in [-0.39, 0.29) is 0 Å². The van der Waals surface area contributed by atoms with E-state index in [4.69, 9.17) is 0 Å². The van der Waals surface area contributed by atoms with Crippen LogP contribution in [0.2, 0.25) is 0 Å². The van der Waals surface area contributed by atoms with Gasteiger partial charge in [0.15, 0.2) is 0 Å². The van der Waals surface area contributed by atoms with Gasteiger partial charge < -0.3 is 9.47 Å². The number of benzene rings is 14. The SMILES string of the molecule is c1ccc(-c2ccc(C3(c4ccc(-c5ccccc5)cc4)c4ccccc4-c4c3ccc3c5ccccc5n(-c5ccc(-c6ccc7cc(N(c8ccccc8)c8ccc(-c9ccccc9)c(-c9ccccc9)c8)ccc7c6)cc5)c43)cc2)cc1. The molecular weight excluding hydrogens is 1020 g/mol. The molecule has 1 aromatic heterocycles. The average molecular weight is 1080 g/mol. The first-order chi connectivity index (χ1) is 42.2. The summed E-state index contributed by atoms with van der Waals surface area (Å²) in [6.45, 7) is 0. The van der Waals surface area contributed by atoms with Crippen LogP contribution in [0.25, 0.3) is 105 Å². The average Bonchev–Trinajstić information content (AvgIpc) is 1.78. The molecule has 0 atom stereocenters. The van der Waals surface area contributed by atoms with Crippen LogP contribution in [0.4, 0.5) is 17.1 Å². The van der Waals surface area contributed by atoms with Crippen LogP contribution in [-0.2, 0) is 5.41 Å². The lowest BCUT2D eigenvalue weighted by molar-refractivity contribution is 0.769. The van der Waals surface area contributed by atoms with Crippen LogP contribution in [0.15, 0.2) is 340 Å². The number of nitrogens with zero attached hydrogens (tertiary/aromatic N) is 2. The van der Waals surface area contributed by atoms with Crippen LogP contribution in [0.1, 0.15) is 22.3 Å². The van der Waals surface area contributed by atoms with Gasteiger partial charge in [-0.1, -0.05) is 279 Å². The number of hydrogen-bond acceptors (Lipinski definition) is 1. The largest absolute Gasteiger partial charge is 0.310 e. The van der Waals surface area contributed by atoms with E-state index in [1.54, 1.807) is 0 Å². The molecular formula is C83H56N2. The van der Waals surface area contributed by atoms with Crippen LogP contribution in [0.3, 0.4) is 0 Å². The molecule has 0 saturated carbocycles. The van der Waals surface area contributed by atoms with Crippen LogP contribution in [0.5, 0.6) is 0 Å². The van der Waals surface area contributed by atoms with Crippen LogP contribution < -0.4 is 4.90 Å². The third-order valence-corrected chi connectivity index (χ3v) is 17.7. The first-order valence-corrected chi connectivity index (χ1v) is 29.4. The van der Waals surface area contributed by atoms with Gasteiger partial charge in [0.2, 0.25) is 0 Å². The quantitative estimate of drug-likeness (QED) is 0.125. The van der Waals surface area contributed by atoms with Gasteiger partial charge in [-0.15, -0.1) is 0 Å². The second kappa shape index (κ2) is 20.7. The Bertz CT molecular complexity index is 4850. The lowest BCUT2D eigenvalue weighted by atomic mass is 9.67. The van der Waals surface area contributed by atoms with Crippen molar-refractivity contribution in [2.75, 3.05) is 4.90 Å². The summed E-state index contributed by atoms with van der Waals surface area (Å²) in [5.74, 6) is 0. The maximum atomic E-state index is 2.52. The van der Waals surface area contributed by atoms with Crippen molar-refractivity contribution in [3.05, 3.63) is 362 Å². The summed E-state index contributed by atoms with van der Waals surface area (Å²) < 4.78 is 2.52. The minimum atomic E-state index is -0.605. The van der Waals surface area contributed by atoms with Gasteiger partial charge in [0.25, 0.3) is 0 Å². The second-order valence-electron chi connectivity index (χ2n) is 22.3. The van der Waals surface area contributed by atoms with E-state index in [0.717, 1.165) is 22.7 Å². The molecule has 0 aliphatic heterocycles. The molecule has 14 aromatic carbocycles. The molecule has 398 valence electrons. The Morgan fingerprint density at radius 3 is 1.38 bits per heavy atom. The summed E-state index contributed by atoms with van der Waals surface area (Å²) in [5, 5.41) is 4.84. The zero-order valence-corrected chi connectivity index (χ0v) is 46.7. The fourth-order valence-electron chi connectivity index (χ4n) is 13.7. The molecule has 16 rings (SSSR count). The van der Waals surface area contributed by atoms with Gasteiger partial charge in [0.05, 0.1) is 16.4 Å². The Labute approximate surface area is 496 Å². The van der Waals surface area contributed by atoms with Crippen molar-refractivity contribution in [2.24, 2.45) is 0 Å². The fourth-order valence-corrected chi connectivity index (χ4v) is 13.7. The molecule has 1 heterocycles. The van der Waals surface area contributed by atoms with Gasteiger partial charge in [-0.3, -0.25) is 0 Å². The number of aromatic nitrogens is 1. The number of anilines is 3. The number of rotatable bonds is 11. The first kappa shape index (κ1) is 49.7. The van der Waals surface area contributed by atoms with Crippen molar-refractivity contribution in [3.63, 3.8) is 0 Å². The zero-order valence-electron chi connectivity index (χ0n) is 46.7. The van der Waals surface area contributed by atoms with E-state index in [1.165, 1.54) is 122 Å². The molecule has 0 saturated heterocycles. The Morgan fingerprint density at radius 1 is 0.259 bits per heavy atom. The smallest absolute Gasteiger partial charge is 0.0714 e. The monoisotopic (exact) mass is 1080 g/mol. The maximum absolute atomic E-state index is 2.52. The molecule has 1 aliphatic rings. The van der Waals surface area contributed by atoms with Crippen molar-refractivity contribution in [1.29, 1.82) is 0 Å². The summed E-state index contributed by atoms with van der Waals surface area (Å²) in [6, 6.07) is 125. The fraction of sp³-hybridized carbons (Fsp3) is 0.0120. The number of fused-ring (bicyclic) bond motifs is 8. The van der Waals surface area contributed by atoms with E-state index in [2.05, 4.69) is 349 Å². The van der Waals surface area contributed by atoms with Crippen molar-refractivity contribution >= 4 is 49.6 Å². The van der Waals surface area contributed by atoms with Gasteiger partial charge >= 0.3 is 0 Å². The van der Waals surface area contributed by atoms with Crippen molar-refractivity contribution in [1.82, 2.24) is 4.57 Å². The number of para-hydroxylation sites is 2. The van der Waals surface area contributed by atoms with Gasteiger partial charge in [-0.25, -0.2) is 0 Å². The lowest BCUT2D eigenvalue weighted by Gasteiger charge is -2.34. The van der Waals surface area contributed by atoms with E-state index < -0.39 is 5.41 Å². The van der Waals surface area contributed by atoms with Crippen LogP contribution >= 0.6 is 0 Å². The molecule has 1 aliphatic carbocycles. The Balaban J connectivity index is 0.801. The minimum Gasteiger partial charge on any atom is -0.310 e. The molecule has 0 radical (unpaired) electrons. The summed E-state index contributed by atoms with van der Waals surface area (Å²) >= 11 is 0. The molecule has 0 fully saturated rings. The standard InChI is InChI=1S/C83H56N2/c1-6-20-57(21-7-1)59-36-43-67(44-37-59)83(68-45-38-60(39-46-68)58-22-8-2-9-23-58)78-32-18-16-31-76(78)81-79(83)53-52-75-74-30-17-19-33-80(74)85(82(75)81)70-47-40-61(41-48-70)64-34-35-66-55-71(49-42-65(66)54-64)84(69-28-14-5-15-29-69)72-50-51-73(62-24-10-3-11-25-62)77(56-72)63-26-12-4-13-27-63/h1-56H. The second-order valence-corrected chi connectivity index (χ2v) is 22.3. The Kier molecular flexibility index (Phi) is 12.1. The number of hydrogen-bond donors (Lipinski definition) is 0. The molecule has 0 N–H and O–H groups in total. The van der Waals surface area contributed by atoms with Gasteiger partial charge in [0, 0.05) is 39.1 Å². The van der Waals surface area contributed by atoms with Crippen LogP contribution in [0, 0.1) is 0 Å². The topological polar surface area (TPSA) is 8.17 Å². The Morgan fingerprint density at radius 2 is 0.729 bits per heavy atom. The predicted molar refractivity (Wildman–Crippen MR) is 357 cm³/mol. The lowest BCUT2D eigenvalue weighted by Crippen LogP contribution is -2.28. The molecule has 0 spiro atoms. The van der Waals surface area contributed by atoms with E-state index in [1.807, 2.05) is 0 Å². The predicted octanol–water partition coefficient (Wildman–Crippen LogP) is 22.1. The van der Waals surface area contributed by atoms with Crippen LogP contribution in [-0.4, -0.2) is 4.57 Å². The van der Waals surface area contributed by atoms with Crippen molar-refractivity contribution in [3.8, 4) is 72.4 Å². The van der Waals surface area contributed by atoms with Gasteiger partial charge in [-0.2, -0.15) is 0 Å². The minimum absolute atomic E-state index is 0.605. The summed E-state index contributed by atoms with van der Waals surface area (Å²) in [7, 11) is 0. The molecule has 0 bridgehead atoms. The molecule has 2 heteroatoms. The van der Waals surface area contributed by atoms with Crippen molar-refractivity contribution in [2.45, 2.75) is 5.41 Å². The molecule has 0 amide bonds. The van der Waals surface area contributed by atoms with E-state index in [0.29, 0.717) is 0 Å². The van der Waals surface area contributed by atoms with E-state index in [9.17, 15) is 0 Å². The van der Waals surface area contributed by atoms with E-state index >= 15 is 0 Å². The third kappa shape index (κ3) is 8.41. The molecule has 15 aromatic rings. The highest BCUT2D eigenvalue weighted by atomic mass is 15.1. The summed E-state index contributed by atoms with van der Waals surface area (Å²) in [4.78, 5) is 2.38. The first-order valence-electron chi connectivity index (χ1n) is 29.4.